The van der Waals surface area contributed by atoms with E-state index in [2.05, 4.69) is 0 Å². The molecule has 0 amide bonds. The summed E-state index contributed by atoms with van der Waals surface area (Å²) in [5.74, 6) is -2.39. The van der Waals surface area contributed by atoms with E-state index in [1.807, 2.05) is 6.07 Å². The Morgan fingerprint density at radius 1 is 0.787 bits per heavy atom. The van der Waals surface area contributed by atoms with Crippen molar-refractivity contribution in [3.63, 3.8) is 0 Å². The predicted molar refractivity (Wildman–Crippen MR) is 167 cm³/mol. The normalized spacial score (nSPS) is 12.5. The minimum atomic E-state index is -4.99. The lowest BCUT2D eigenvalue weighted by atomic mass is 9.94. The Balaban J connectivity index is 2.01. The number of benzene rings is 3. The lowest BCUT2D eigenvalue weighted by Crippen LogP contribution is -2.29. The van der Waals surface area contributed by atoms with E-state index in [0.29, 0.717) is 28.7 Å². The molecule has 0 bridgehead atoms. The van der Waals surface area contributed by atoms with Gasteiger partial charge in [0.2, 0.25) is 0 Å². The average molecular weight is 661 g/mol. The number of halogens is 3. The molecule has 1 atom stereocenters. The van der Waals surface area contributed by atoms with E-state index in [1.165, 1.54) is 35.0 Å². The van der Waals surface area contributed by atoms with Crippen LogP contribution in [0.2, 0.25) is 0 Å². The van der Waals surface area contributed by atoms with Gasteiger partial charge in [-0.1, -0.05) is 36.4 Å². The molecule has 3 aromatic carbocycles. The van der Waals surface area contributed by atoms with Gasteiger partial charge in [-0.15, -0.1) is 0 Å². The molecule has 0 fully saturated rings. The topological polar surface area (TPSA) is 107 Å². The van der Waals surface area contributed by atoms with Gasteiger partial charge in [-0.05, 0) is 72.2 Å². The summed E-state index contributed by atoms with van der Waals surface area (Å²) in [5.41, 5.74) is -2.13. The summed E-state index contributed by atoms with van der Waals surface area (Å²) in [7, 11) is 2.81. The van der Waals surface area contributed by atoms with Gasteiger partial charge in [-0.2, -0.15) is 13.2 Å². The number of rotatable bonds is 9. The van der Waals surface area contributed by atoms with Crippen molar-refractivity contribution < 1.29 is 56.0 Å². The number of carbonyl (C=O) groups is 3. The molecule has 0 aliphatic carbocycles. The van der Waals surface area contributed by atoms with Crippen LogP contribution in [0.4, 0.5) is 18.0 Å². The van der Waals surface area contributed by atoms with Crippen molar-refractivity contribution in [2.75, 3.05) is 14.2 Å². The Bertz CT molecular complexity index is 1600. The highest BCUT2D eigenvalue weighted by Gasteiger charge is 2.40. The van der Waals surface area contributed by atoms with Crippen LogP contribution in [0.15, 0.2) is 54.6 Å². The third kappa shape index (κ3) is 9.63. The Morgan fingerprint density at radius 2 is 1.40 bits per heavy atom. The fraction of sp³-hybridized carbons (Fsp3) is 0.400. The summed E-state index contributed by atoms with van der Waals surface area (Å²) >= 11 is 0. The van der Waals surface area contributed by atoms with Crippen molar-refractivity contribution in [2.45, 2.75) is 78.4 Å². The molecule has 0 aromatic heterocycles. The SMILES string of the molecule is COC(=O)C(C)c1cccc(-c2ccc(OCc3ccc(C(F)(F)F)c(OC(=O)OC(C)(C)C)c3C(=O)OC(C)(C)C)cc2)c1OC. The van der Waals surface area contributed by atoms with E-state index >= 15 is 0 Å². The van der Waals surface area contributed by atoms with Crippen LogP contribution in [-0.4, -0.2) is 43.5 Å². The molecule has 0 aliphatic heterocycles. The number of ether oxygens (including phenoxy) is 6. The molecule has 0 radical (unpaired) electrons. The fourth-order valence-electron chi connectivity index (χ4n) is 4.53. The maximum atomic E-state index is 14.1. The lowest BCUT2D eigenvalue weighted by molar-refractivity contribution is -0.142. The molecule has 3 aromatic rings. The van der Waals surface area contributed by atoms with Crippen LogP contribution in [0.25, 0.3) is 11.1 Å². The van der Waals surface area contributed by atoms with Crippen LogP contribution in [0.1, 0.15) is 81.4 Å². The highest BCUT2D eigenvalue weighted by molar-refractivity contribution is 5.96. The van der Waals surface area contributed by atoms with Crippen LogP contribution < -0.4 is 14.2 Å². The molecule has 0 saturated heterocycles. The highest BCUT2D eigenvalue weighted by Crippen LogP contribution is 2.41. The summed E-state index contributed by atoms with van der Waals surface area (Å²) in [4.78, 5) is 38.1. The Morgan fingerprint density at radius 3 is 1.94 bits per heavy atom. The molecule has 0 N–H and O–H groups in total. The molecular formula is C35H39F3O9. The number of hydrogen-bond donors (Lipinski definition) is 0. The molecular weight excluding hydrogens is 621 g/mol. The highest BCUT2D eigenvalue weighted by atomic mass is 19.4. The summed E-state index contributed by atoms with van der Waals surface area (Å²) in [6, 6.07) is 13.9. The zero-order chi connectivity index (χ0) is 35.3. The van der Waals surface area contributed by atoms with Crippen LogP contribution >= 0.6 is 0 Å². The average Bonchev–Trinajstić information content (AvgIpc) is 2.96. The Kier molecular flexibility index (Phi) is 11.2. The zero-order valence-electron chi connectivity index (χ0n) is 27.8. The number of esters is 2. The minimum Gasteiger partial charge on any atom is -0.496 e. The standard InChI is InChI=1S/C35H39F3O9/c1-20(30(39)43-9)24-11-10-12-25(28(24)42-8)21-13-16-23(17-14-21)44-19-22-15-18-26(35(36,37)38)29(45-32(41)47-34(5,6)7)27(22)31(40)46-33(2,3)4/h10-18,20H,19H2,1-9H3. The van der Waals surface area contributed by atoms with Crippen LogP contribution in [0, 0.1) is 0 Å². The number of hydrogen-bond acceptors (Lipinski definition) is 9. The van der Waals surface area contributed by atoms with Crippen molar-refractivity contribution in [1.82, 2.24) is 0 Å². The molecule has 12 heteroatoms. The molecule has 0 aliphatic rings. The molecule has 3 rings (SSSR count). The smallest absolute Gasteiger partial charge is 0.496 e. The Labute approximate surface area is 271 Å². The largest absolute Gasteiger partial charge is 0.514 e. The van der Waals surface area contributed by atoms with Gasteiger partial charge in [-0.25, -0.2) is 9.59 Å². The molecule has 9 nitrogen and oxygen atoms in total. The first-order chi connectivity index (χ1) is 21.8. The second kappa shape index (κ2) is 14.4. The monoisotopic (exact) mass is 660 g/mol. The maximum Gasteiger partial charge on any atom is 0.514 e. The maximum absolute atomic E-state index is 14.1. The van der Waals surface area contributed by atoms with E-state index < -0.39 is 58.3 Å². The first kappa shape index (κ1) is 36.7. The predicted octanol–water partition coefficient (Wildman–Crippen LogP) is 8.51. The number of para-hydroxylation sites is 1. The molecule has 47 heavy (non-hydrogen) atoms. The molecule has 0 heterocycles. The van der Waals surface area contributed by atoms with E-state index in [0.717, 1.165) is 11.6 Å². The van der Waals surface area contributed by atoms with Crippen molar-refractivity contribution >= 4 is 18.1 Å². The van der Waals surface area contributed by atoms with Crippen molar-refractivity contribution in [3.8, 4) is 28.4 Å². The molecule has 0 spiro atoms. The van der Waals surface area contributed by atoms with Crippen LogP contribution in [0.5, 0.6) is 17.2 Å². The second-order valence-corrected chi connectivity index (χ2v) is 12.5. The van der Waals surface area contributed by atoms with Gasteiger partial charge < -0.3 is 28.4 Å². The van der Waals surface area contributed by atoms with Gasteiger partial charge in [0.1, 0.15) is 34.9 Å². The Hall–Kier alpha value is -4.74. The third-order valence-electron chi connectivity index (χ3n) is 6.56. The lowest BCUT2D eigenvalue weighted by Gasteiger charge is -2.24. The molecule has 0 saturated carbocycles. The summed E-state index contributed by atoms with van der Waals surface area (Å²) in [6.07, 6.45) is -6.42. The zero-order valence-corrected chi connectivity index (χ0v) is 27.8. The van der Waals surface area contributed by atoms with Gasteiger partial charge in [0.05, 0.1) is 25.7 Å². The van der Waals surface area contributed by atoms with Crippen molar-refractivity contribution in [1.29, 1.82) is 0 Å². The third-order valence-corrected chi connectivity index (χ3v) is 6.56. The van der Waals surface area contributed by atoms with Crippen molar-refractivity contribution in [2.24, 2.45) is 0 Å². The van der Waals surface area contributed by atoms with Crippen LogP contribution in [-0.2, 0) is 31.8 Å². The van der Waals surface area contributed by atoms with E-state index in [9.17, 15) is 27.6 Å². The van der Waals surface area contributed by atoms with Gasteiger partial charge >= 0.3 is 24.3 Å². The number of alkyl halides is 3. The van der Waals surface area contributed by atoms with Crippen molar-refractivity contribution in [3.05, 3.63) is 76.9 Å². The van der Waals surface area contributed by atoms with Gasteiger partial charge in [0.25, 0.3) is 0 Å². The quantitative estimate of drug-likeness (QED) is 0.127. The second-order valence-electron chi connectivity index (χ2n) is 12.5. The number of carbonyl (C=O) groups excluding carboxylic acids is 3. The molecule has 1 unspecified atom stereocenters. The molecule has 254 valence electrons. The van der Waals surface area contributed by atoms with E-state index in [-0.39, 0.29) is 12.2 Å². The van der Waals surface area contributed by atoms with Gasteiger partial charge in [0, 0.05) is 16.7 Å². The van der Waals surface area contributed by atoms with Gasteiger partial charge in [0.15, 0.2) is 5.75 Å². The summed E-state index contributed by atoms with van der Waals surface area (Å²) in [6.45, 7) is 10.5. The summed E-state index contributed by atoms with van der Waals surface area (Å²) in [5, 5.41) is 0. The summed E-state index contributed by atoms with van der Waals surface area (Å²) < 4.78 is 74.3. The van der Waals surface area contributed by atoms with E-state index in [1.54, 1.807) is 64.1 Å². The van der Waals surface area contributed by atoms with E-state index in [4.69, 9.17) is 28.4 Å². The fourth-order valence-corrected chi connectivity index (χ4v) is 4.53. The van der Waals surface area contributed by atoms with Gasteiger partial charge in [-0.3, -0.25) is 4.79 Å². The number of methoxy groups -OCH3 is 2. The first-order valence-electron chi connectivity index (χ1n) is 14.6. The minimum absolute atomic E-state index is 0.0268. The van der Waals surface area contributed by atoms with Crippen LogP contribution in [0.3, 0.4) is 0 Å². The first-order valence-corrected chi connectivity index (χ1v) is 14.6.